The van der Waals surface area contributed by atoms with Crippen LogP contribution in [0.4, 0.5) is 16.3 Å². The van der Waals surface area contributed by atoms with E-state index in [0.717, 1.165) is 54.1 Å². The van der Waals surface area contributed by atoms with Gasteiger partial charge in [-0.05, 0) is 50.5 Å². The van der Waals surface area contributed by atoms with Crippen LogP contribution in [0.2, 0.25) is 0 Å². The number of hydrogen-bond acceptors (Lipinski definition) is 6. The van der Waals surface area contributed by atoms with Gasteiger partial charge in [-0.3, -0.25) is 4.79 Å². The topological polar surface area (TPSA) is 99.7 Å². The van der Waals surface area contributed by atoms with E-state index in [0.29, 0.717) is 38.2 Å². The SMILES string of the molecule is CC(C)C(=O)N1CCc2c(nc(-c3ccc(NC(=O)NC4CC4)cc3)nc2N2CCOC[C@@H]2C)C1. The summed E-state index contributed by atoms with van der Waals surface area (Å²) in [5, 5.41) is 5.81. The first-order valence-electron chi connectivity index (χ1n) is 12.6. The Morgan fingerprint density at radius 3 is 2.57 bits per heavy atom. The Bertz CT molecular complexity index is 1100. The zero-order chi connectivity index (χ0) is 24.5. The Kier molecular flexibility index (Phi) is 6.60. The van der Waals surface area contributed by atoms with E-state index in [1.165, 1.54) is 0 Å². The number of aromatic nitrogens is 2. The van der Waals surface area contributed by atoms with Crippen molar-refractivity contribution in [3.63, 3.8) is 0 Å². The number of carbonyl (C=O) groups is 2. The summed E-state index contributed by atoms with van der Waals surface area (Å²) in [5.74, 6) is 1.68. The van der Waals surface area contributed by atoms with Gasteiger partial charge < -0.3 is 25.2 Å². The summed E-state index contributed by atoms with van der Waals surface area (Å²) in [6.07, 6.45) is 2.84. The number of benzene rings is 1. The van der Waals surface area contributed by atoms with Gasteiger partial charge in [-0.2, -0.15) is 0 Å². The highest BCUT2D eigenvalue weighted by Gasteiger charge is 2.31. The number of anilines is 2. The Morgan fingerprint density at radius 2 is 1.89 bits per heavy atom. The minimum Gasteiger partial charge on any atom is -0.377 e. The highest BCUT2D eigenvalue weighted by atomic mass is 16.5. The zero-order valence-corrected chi connectivity index (χ0v) is 20.7. The summed E-state index contributed by atoms with van der Waals surface area (Å²) in [6.45, 7) is 9.30. The van der Waals surface area contributed by atoms with Gasteiger partial charge in [-0.25, -0.2) is 14.8 Å². The van der Waals surface area contributed by atoms with Crippen molar-refractivity contribution in [2.24, 2.45) is 5.92 Å². The highest BCUT2D eigenvalue weighted by Crippen LogP contribution is 2.32. The van der Waals surface area contributed by atoms with Crippen LogP contribution in [0.3, 0.4) is 0 Å². The minimum absolute atomic E-state index is 0.0475. The molecule has 5 rings (SSSR count). The van der Waals surface area contributed by atoms with Gasteiger partial charge in [0.25, 0.3) is 0 Å². The maximum absolute atomic E-state index is 12.7. The number of amides is 3. The van der Waals surface area contributed by atoms with Crippen LogP contribution in [0.25, 0.3) is 11.4 Å². The van der Waals surface area contributed by atoms with E-state index in [9.17, 15) is 9.59 Å². The average Bonchev–Trinajstić information content (AvgIpc) is 3.67. The lowest BCUT2D eigenvalue weighted by Gasteiger charge is -2.38. The molecular formula is C26H34N6O3. The van der Waals surface area contributed by atoms with Gasteiger partial charge in [-0.15, -0.1) is 0 Å². The molecule has 2 aliphatic heterocycles. The molecule has 0 unspecified atom stereocenters. The summed E-state index contributed by atoms with van der Waals surface area (Å²) in [7, 11) is 0. The van der Waals surface area contributed by atoms with Gasteiger partial charge in [-0.1, -0.05) is 13.8 Å². The van der Waals surface area contributed by atoms with Crippen LogP contribution in [0.5, 0.6) is 0 Å². The average molecular weight is 479 g/mol. The molecule has 2 N–H and O–H groups in total. The van der Waals surface area contributed by atoms with Crippen LogP contribution >= 0.6 is 0 Å². The molecule has 3 amide bonds. The number of ether oxygens (including phenoxy) is 1. The van der Waals surface area contributed by atoms with Crippen molar-refractivity contribution in [1.82, 2.24) is 20.2 Å². The molecule has 2 aromatic rings. The maximum atomic E-state index is 12.7. The predicted octanol–water partition coefficient (Wildman–Crippen LogP) is 3.19. The van der Waals surface area contributed by atoms with Gasteiger partial charge in [0.1, 0.15) is 5.82 Å². The third-order valence-corrected chi connectivity index (χ3v) is 6.80. The van der Waals surface area contributed by atoms with Gasteiger partial charge in [0.05, 0.1) is 31.5 Å². The van der Waals surface area contributed by atoms with Crippen LogP contribution in [-0.2, 0) is 22.5 Å². The van der Waals surface area contributed by atoms with E-state index in [2.05, 4.69) is 22.5 Å². The molecule has 3 heterocycles. The molecule has 1 aliphatic carbocycles. The molecule has 1 saturated heterocycles. The zero-order valence-electron chi connectivity index (χ0n) is 20.7. The van der Waals surface area contributed by atoms with Crippen LogP contribution in [0.1, 0.15) is 44.9 Å². The van der Waals surface area contributed by atoms with Crippen LogP contribution < -0.4 is 15.5 Å². The fraction of sp³-hybridized carbons (Fsp3) is 0.538. The largest absolute Gasteiger partial charge is 0.377 e. The molecule has 0 bridgehead atoms. The first-order chi connectivity index (χ1) is 16.9. The molecule has 1 saturated carbocycles. The van der Waals surface area contributed by atoms with Crippen LogP contribution in [-0.4, -0.2) is 65.2 Å². The smallest absolute Gasteiger partial charge is 0.319 e. The van der Waals surface area contributed by atoms with E-state index >= 15 is 0 Å². The predicted molar refractivity (Wildman–Crippen MR) is 134 cm³/mol. The van der Waals surface area contributed by atoms with Gasteiger partial charge >= 0.3 is 6.03 Å². The number of nitrogens with zero attached hydrogens (tertiary/aromatic N) is 4. The third kappa shape index (κ3) is 5.24. The monoisotopic (exact) mass is 478 g/mol. The minimum atomic E-state index is -0.177. The number of carbonyl (C=O) groups excluding carboxylic acids is 2. The fourth-order valence-electron chi connectivity index (χ4n) is 4.66. The van der Waals surface area contributed by atoms with Crippen LogP contribution in [0.15, 0.2) is 24.3 Å². The van der Waals surface area contributed by atoms with Crippen molar-refractivity contribution in [2.75, 3.05) is 36.5 Å². The Hall–Kier alpha value is -3.20. The first kappa shape index (κ1) is 23.5. The fourth-order valence-corrected chi connectivity index (χ4v) is 4.66. The lowest BCUT2D eigenvalue weighted by Crippen LogP contribution is -2.46. The molecule has 186 valence electrons. The second-order valence-electron chi connectivity index (χ2n) is 10.0. The standard InChI is InChI=1S/C26H34N6O3/c1-16(2)25(33)31-11-10-21-22(14-31)29-23(30-24(21)32-12-13-35-15-17(32)3)18-4-6-19(7-5-18)27-26(34)28-20-8-9-20/h4-7,16-17,20H,8-15H2,1-3H3,(H2,27,28,34)/t17-/m0/s1. The van der Waals surface area contributed by atoms with E-state index in [1.807, 2.05) is 43.0 Å². The van der Waals surface area contributed by atoms with Gasteiger partial charge in [0.15, 0.2) is 5.82 Å². The Morgan fingerprint density at radius 1 is 1.11 bits per heavy atom. The molecule has 2 fully saturated rings. The first-order valence-corrected chi connectivity index (χ1v) is 12.6. The lowest BCUT2D eigenvalue weighted by atomic mass is 10.0. The van der Waals surface area contributed by atoms with Crippen LogP contribution in [0, 0.1) is 5.92 Å². The summed E-state index contributed by atoms with van der Waals surface area (Å²) in [4.78, 5) is 39.0. The van der Waals surface area contributed by atoms with E-state index < -0.39 is 0 Å². The number of rotatable bonds is 5. The molecule has 1 aromatic carbocycles. The number of morpholine rings is 1. The molecule has 9 nitrogen and oxygen atoms in total. The molecule has 9 heteroatoms. The second-order valence-corrected chi connectivity index (χ2v) is 10.0. The Balaban J connectivity index is 1.45. The van der Waals surface area contributed by atoms with E-state index in [1.54, 1.807) is 0 Å². The van der Waals surface area contributed by atoms with Crippen molar-refractivity contribution in [2.45, 2.75) is 58.7 Å². The maximum Gasteiger partial charge on any atom is 0.319 e. The third-order valence-electron chi connectivity index (χ3n) is 6.80. The number of fused-ring (bicyclic) bond motifs is 1. The van der Waals surface area contributed by atoms with Crippen molar-refractivity contribution in [3.8, 4) is 11.4 Å². The van der Waals surface area contributed by atoms with E-state index in [4.69, 9.17) is 14.7 Å². The number of hydrogen-bond donors (Lipinski definition) is 2. The normalized spacial score (nSPS) is 19.9. The van der Waals surface area contributed by atoms with Gasteiger partial charge in [0, 0.05) is 41.9 Å². The summed E-state index contributed by atoms with van der Waals surface area (Å²) >= 11 is 0. The summed E-state index contributed by atoms with van der Waals surface area (Å²) in [5.41, 5.74) is 3.64. The molecule has 1 aromatic heterocycles. The van der Waals surface area contributed by atoms with Crippen molar-refractivity contribution < 1.29 is 14.3 Å². The van der Waals surface area contributed by atoms with Gasteiger partial charge in [0.2, 0.25) is 5.91 Å². The molecular weight excluding hydrogens is 444 g/mol. The Labute approximate surface area is 206 Å². The number of urea groups is 1. The summed E-state index contributed by atoms with van der Waals surface area (Å²) < 4.78 is 5.66. The molecule has 35 heavy (non-hydrogen) atoms. The molecule has 0 spiro atoms. The quantitative estimate of drug-likeness (QED) is 0.685. The molecule has 1 atom stereocenters. The van der Waals surface area contributed by atoms with E-state index in [-0.39, 0.29) is 23.9 Å². The van der Waals surface area contributed by atoms with Crippen molar-refractivity contribution in [1.29, 1.82) is 0 Å². The van der Waals surface area contributed by atoms with Crippen molar-refractivity contribution in [3.05, 3.63) is 35.5 Å². The summed E-state index contributed by atoms with van der Waals surface area (Å²) in [6, 6.07) is 7.95. The highest BCUT2D eigenvalue weighted by molar-refractivity contribution is 5.89. The lowest BCUT2D eigenvalue weighted by molar-refractivity contribution is -0.135. The molecule has 3 aliphatic rings. The second kappa shape index (κ2) is 9.81. The number of nitrogens with one attached hydrogen (secondary N) is 2. The molecule has 0 radical (unpaired) electrons. The van der Waals surface area contributed by atoms with Crippen molar-refractivity contribution >= 4 is 23.4 Å².